The highest BCUT2D eigenvalue weighted by Crippen LogP contribution is 2.44. The molecule has 140 valence electrons. The summed E-state index contributed by atoms with van der Waals surface area (Å²) in [6.45, 7) is 2.27. The number of aromatic nitrogens is 1. The number of aryl methyl sites for hydroxylation is 1. The van der Waals surface area contributed by atoms with Crippen molar-refractivity contribution < 1.29 is 19.0 Å². The molecule has 0 spiro atoms. The molecule has 0 bridgehead atoms. The Morgan fingerprint density at radius 1 is 1.04 bits per heavy atom. The van der Waals surface area contributed by atoms with E-state index in [2.05, 4.69) is 0 Å². The van der Waals surface area contributed by atoms with Crippen LogP contribution in [0.25, 0.3) is 22.2 Å². The van der Waals surface area contributed by atoms with E-state index in [1.54, 1.807) is 25.7 Å². The molecule has 3 aromatic rings. The molecule has 1 aliphatic rings. The second-order valence-electron chi connectivity index (χ2n) is 6.71. The number of benzene rings is 2. The quantitative estimate of drug-likeness (QED) is 0.675. The average Bonchev–Trinajstić information content (AvgIpc) is 3.01. The minimum Gasteiger partial charge on any atom is -0.497 e. The molecule has 27 heavy (non-hydrogen) atoms. The van der Waals surface area contributed by atoms with Crippen molar-refractivity contribution in [2.24, 2.45) is 0 Å². The van der Waals surface area contributed by atoms with Crippen LogP contribution < -0.4 is 14.2 Å². The zero-order chi connectivity index (χ0) is 19.0. The summed E-state index contributed by atoms with van der Waals surface area (Å²) in [5.74, 6) is 2.23. The van der Waals surface area contributed by atoms with Crippen LogP contribution in [-0.4, -0.2) is 31.3 Å². The fourth-order valence-electron chi connectivity index (χ4n) is 3.91. The van der Waals surface area contributed by atoms with Gasteiger partial charge in [-0.1, -0.05) is 0 Å². The molecule has 0 atom stereocenters. The molecule has 0 unspecified atom stereocenters. The Hall–Kier alpha value is -2.95. The van der Waals surface area contributed by atoms with Crippen LogP contribution in [0.5, 0.6) is 17.2 Å². The Kier molecular flexibility index (Phi) is 4.52. The summed E-state index contributed by atoms with van der Waals surface area (Å²) >= 11 is 0. The van der Waals surface area contributed by atoms with E-state index in [4.69, 9.17) is 14.2 Å². The number of ether oxygens (including phenoxy) is 3. The summed E-state index contributed by atoms with van der Waals surface area (Å²) in [6.07, 6.45) is 2.89. The molecule has 4 rings (SSSR count). The number of carbonyl (C=O) groups is 1. The van der Waals surface area contributed by atoms with Crippen LogP contribution in [0.4, 0.5) is 0 Å². The number of rotatable bonds is 3. The molecular weight excluding hydrogens is 342 g/mol. The normalized spacial score (nSPS) is 13.6. The van der Waals surface area contributed by atoms with Crippen LogP contribution in [0.1, 0.15) is 30.1 Å². The lowest BCUT2D eigenvalue weighted by atomic mass is 9.99. The van der Waals surface area contributed by atoms with Crippen molar-refractivity contribution in [1.29, 1.82) is 0 Å². The molecule has 0 fully saturated rings. The zero-order valence-electron chi connectivity index (χ0n) is 15.9. The monoisotopic (exact) mass is 365 g/mol. The summed E-state index contributed by atoms with van der Waals surface area (Å²) in [5.41, 5.74) is 3.81. The van der Waals surface area contributed by atoms with Crippen LogP contribution in [-0.2, 0) is 6.42 Å². The van der Waals surface area contributed by atoms with Crippen molar-refractivity contribution in [3.05, 3.63) is 42.0 Å². The van der Waals surface area contributed by atoms with Gasteiger partial charge in [-0.3, -0.25) is 9.36 Å². The van der Waals surface area contributed by atoms with Crippen LogP contribution >= 0.6 is 0 Å². The highest BCUT2D eigenvalue weighted by atomic mass is 16.5. The summed E-state index contributed by atoms with van der Waals surface area (Å²) in [6, 6.07) is 11.6. The molecule has 1 aromatic heterocycles. The second-order valence-corrected chi connectivity index (χ2v) is 6.71. The third kappa shape index (κ3) is 2.83. The number of carbonyl (C=O) groups excluding carboxylic acids is 1. The van der Waals surface area contributed by atoms with Gasteiger partial charge in [0.05, 0.1) is 26.5 Å². The third-order valence-corrected chi connectivity index (χ3v) is 5.11. The summed E-state index contributed by atoms with van der Waals surface area (Å²) < 4.78 is 18.7. The Labute approximate surface area is 158 Å². The Bertz CT molecular complexity index is 1000. The van der Waals surface area contributed by atoms with Gasteiger partial charge < -0.3 is 14.2 Å². The number of hydrogen-bond acceptors (Lipinski definition) is 4. The maximum Gasteiger partial charge on any atom is 0.228 e. The third-order valence-electron chi connectivity index (χ3n) is 5.11. The first-order valence-corrected chi connectivity index (χ1v) is 9.18. The maximum absolute atomic E-state index is 12.7. The van der Waals surface area contributed by atoms with Crippen molar-refractivity contribution in [3.63, 3.8) is 0 Å². The van der Waals surface area contributed by atoms with Crippen molar-refractivity contribution in [3.8, 4) is 28.5 Å². The SMILES string of the molecule is COc1ccc(-c2c3c4c(ccc(OC)c4n2C(C)=O)OCCCC3)cc1. The van der Waals surface area contributed by atoms with Crippen molar-refractivity contribution >= 4 is 16.8 Å². The minimum absolute atomic E-state index is 0.0493. The topological polar surface area (TPSA) is 49.7 Å². The van der Waals surface area contributed by atoms with E-state index < -0.39 is 0 Å². The molecule has 0 radical (unpaired) electrons. The van der Waals surface area contributed by atoms with E-state index in [9.17, 15) is 4.79 Å². The van der Waals surface area contributed by atoms with Crippen molar-refractivity contribution in [2.45, 2.75) is 26.2 Å². The largest absolute Gasteiger partial charge is 0.497 e. The van der Waals surface area contributed by atoms with E-state index >= 15 is 0 Å². The predicted octanol–water partition coefficient (Wildman–Crippen LogP) is 4.70. The van der Waals surface area contributed by atoms with Gasteiger partial charge in [0.2, 0.25) is 5.91 Å². The molecule has 0 saturated carbocycles. The fraction of sp³-hybridized carbons (Fsp3) is 0.318. The lowest BCUT2D eigenvalue weighted by Gasteiger charge is -2.14. The maximum atomic E-state index is 12.7. The lowest BCUT2D eigenvalue weighted by molar-refractivity contribution is 0.0943. The van der Waals surface area contributed by atoms with Gasteiger partial charge >= 0.3 is 0 Å². The molecule has 5 nitrogen and oxygen atoms in total. The second kappa shape index (κ2) is 6.99. The number of methoxy groups -OCH3 is 2. The summed E-state index contributed by atoms with van der Waals surface area (Å²) in [5, 5.41) is 0.982. The van der Waals surface area contributed by atoms with Crippen LogP contribution in [0, 0.1) is 0 Å². The number of nitrogens with zero attached hydrogens (tertiary/aromatic N) is 1. The van der Waals surface area contributed by atoms with Crippen LogP contribution in [0.15, 0.2) is 36.4 Å². The molecule has 2 aromatic carbocycles. The fourth-order valence-corrected chi connectivity index (χ4v) is 3.91. The summed E-state index contributed by atoms with van der Waals surface area (Å²) in [4.78, 5) is 12.7. The summed E-state index contributed by atoms with van der Waals surface area (Å²) in [7, 11) is 3.28. The smallest absolute Gasteiger partial charge is 0.228 e. The highest BCUT2D eigenvalue weighted by molar-refractivity contribution is 6.06. The van der Waals surface area contributed by atoms with Gasteiger partial charge in [0.15, 0.2) is 0 Å². The highest BCUT2D eigenvalue weighted by Gasteiger charge is 2.27. The van der Waals surface area contributed by atoms with Gasteiger partial charge in [-0.15, -0.1) is 0 Å². The molecule has 2 heterocycles. The van der Waals surface area contributed by atoms with Gasteiger partial charge in [0, 0.05) is 12.3 Å². The van der Waals surface area contributed by atoms with Crippen LogP contribution in [0.2, 0.25) is 0 Å². The zero-order valence-corrected chi connectivity index (χ0v) is 15.9. The number of hydrogen-bond donors (Lipinski definition) is 0. The van der Waals surface area contributed by atoms with E-state index in [0.717, 1.165) is 58.5 Å². The Morgan fingerprint density at radius 3 is 2.48 bits per heavy atom. The Balaban J connectivity index is 2.11. The molecule has 0 amide bonds. The molecule has 0 aliphatic carbocycles. The molecule has 0 N–H and O–H groups in total. The Morgan fingerprint density at radius 2 is 1.81 bits per heavy atom. The first-order valence-electron chi connectivity index (χ1n) is 9.18. The van der Waals surface area contributed by atoms with E-state index in [1.165, 1.54) is 0 Å². The average molecular weight is 365 g/mol. The van der Waals surface area contributed by atoms with E-state index in [1.807, 2.05) is 36.4 Å². The van der Waals surface area contributed by atoms with Crippen LogP contribution in [0.3, 0.4) is 0 Å². The van der Waals surface area contributed by atoms with Gasteiger partial charge in [-0.2, -0.15) is 0 Å². The van der Waals surface area contributed by atoms with Crippen molar-refractivity contribution in [1.82, 2.24) is 4.57 Å². The predicted molar refractivity (Wildman–Crippen MR) is 105 cm³/mol. The molecule has 5 heteroatoms. The van der Waals surface area contributed by atoms with Gasteiger partial charge in [-0.25, -0.2) is 0 Å². The molecule has 0 saturated heterocycles. The standard InChI is InChI=1S/C22H23NO4/c1-14(24)23-21(15-7-9-16(25-2)10-8-15)17-6-4-5-13-27-18-11-12-19(26-3)22(23)20(17)18/h7-12H,4-6,13H2,1-3H3. The lowest BCUT2D eigenvalue weighted by Crippen LogP contribution is -2.08. The molecular formula is C22H23NO4. The minimum atomic E-state index is -0.0493. The van der Waals surface area contributed by atoms with Crippen molar-refractivity contribution in [2.75, 3.05) is 20.8 Å². The molecule has 1 aliphatic heterocycles. The first-order chi connectivity index (χ1) is 13.2. The van der Waals surface area contributed by atoms with E-state index in [0.29, 0.717) is 12.4 Å². The van der Waals surface area contributed by atoms with E-state index in [-0.39, 0.29) is 5.91 Å². The first kappa shape index (κ1) is 17.5. The van der Waals surface area contributed by atoms with Gasteiger partial charge in [0.25, 0.3) is 0 Å². The van der Waals surface area contributed by atoms with Gasteiger partial charge in [0.1, 0.15) is 22.8 Å². The van der Waals surface area contributed by atoms with Gasteiger partial charge in [-0.05, 0) is 66.8 Å².